The standard InChI is InChI=1S/C21H23NO5S/c1-13-11-18(15(3)28-13)19(23)12-27-21(25)14(2)22-20(24)10-7-16-5-8-17(26-4)9-6-16/h5-11,14H,12H2,1-4H3,(H,22,24)/b10-7+/t14-/m0/s1. The molecule has 1 heterocycles. The number of nitrogens with one attached hydrogen (secondary N) is 1. The number of carbonyl (C=O) groups excluding carboxylic acids is 3. The predicted octanol–water partition coefficient (Wildman–Crippen LogP) is 3.32. The van der Waals surface area contributed by atoms with Crippen LogP contribution in [-0.4, -0.2) is 37.4 Å². The van der Waals surface area contributed by atoms with Crippen molar-refractivity contribution < 1.29 is 23.9 Å². The first-order chi connectivity index (χ1) is 13.3. The quantitative estimate of drug-likeness (QED) is 0.417. The van der Waals surface area contributed by atoms with Crippen molar-refractivity contribution in [1.29, 1.82) is 0 Å². The Hall–Kier alpha value is -2.93. The highest BCUT2D eigenvalue weighted by atomic mass is 32.1. The van der Waals surface area contributed by atoms with Gasteiger partial charge >= 0.3 is 5.97 Å². The summed E-state index contributed by atoms with van der Waals surface area (Å²) in [5, 5.41) is 2.52. The van der Waals surface area contributed by atoms with Crippen molar-refractivity contribution in [2.24, 2.45) is 0 Å². The Bertz CT molecular complexity index is 883. The molecule has 0 unspecified atom stereocenters. The van der Waals surface area contributed by atoms with E-state index in [1.165, 1.54) is 24.3 Å². The second-order valence-corrected chi connectivity index (χ2v) is 7.66. The van der Waals surface area contributed by atoms with Gasteiger partial charge in [-0.05, 0) is 50.6 Å². The van der Waals surface area contributed by atoms with Crippen LogP contribution in [0, 0.1) is 13.8 Å². The van der Waals surface area contributed by atoms with Crippen LogP contribution < -0.4 is 10.1 Å². The monoisotopic (exact) mass is 401 g/mol. The number of rotatable bonds is 8. The minimum atomic E-state index is -0.869. The van der Waals surface area contributed by atoms with Gasteiger partial charge in [0.2, 0.25) is 11.7 Å². The van der Waals surface area contributed by atoms with Crippen LogP contribution >= 0.6 is 11.3 Å². The molecule has 1 N–H and O–H groups in total. The molecule has 0 bridgehead atoms. The number of Topliss-reactive ketones (excluding diaryl/α,β-unsaturated/α-hetero) is 1. The minimum absolute atomic E-state index is 0.256. The number of thiophene rings is 1. The number of amides is 1. The molecule has 0 aliphatic rings. The van der Waals surface area contributed by atoms with Gasteiger partial charge in [-0.1, -0.05) is 12.1 Å². The summed E-state index contributed by atoms with van der Waals surface area (Å²) < 4.78 is 10.1. The summed E-state index contributed by atoms with van der Waals surface area (Å²) >= 11 is 1.52. The summed E-state index contributed by atoms with van der Waals surface area (Å²) in [5.41, 5.74) is 1.38. The van der Waals surface area contributed by atoms with Crippen LogP contribution in [0.5, 0.6) is 5.75 Å². The fraction of sp³-hybridized carbons (Fsp3) is 0.286. The zero-order valence-electron chi connectivity index (χ0n) is 16.3. The Morgan fingerprint density at radius 1 is 1.18 bits per heavy atom. The average Bonchev–Trinajstić information content (AvgIpc) is 3.02. The van der Waals surface area contributed by atoms with Crippen molar-refractivity contribution in [2.45, 2.75) is 26.8 Å². The lowest BCUT2D eigenvalue weighted by Crippen LogP contribution is -2.39. The fourth-order valence-electron chi connectivity index (χ4n) is 2.45. The molecule has 1 aromatic heterocycles. The molecule has 0 saturated carbocycles. The molecule has 0 radical (unpaired) electrons. The van der Waals surface area contributed by atoms with E-state index in [9.17, 15) is 14.4 Å². The van der Waals surface area contributed by atoms with Gasteiger partial charge in [0, 0.05) is 21.4 Å². The van der Waals surface area contributed by atoms with Gasteiger partial charge in [0.05, 0.1) is 7.11 Å². The largest absolute Gasteiger partial charge is 0.497 e. The molecule has 148 valence electrons. The molecule has 0 saturated heterocycles. The maximum atomic E-state index is 12.2. The number of carbonyl (C=O) groups is 3. The maximum absolute atomic E-state index is 12.2. The van der Waals surface area contributed by atoms with E-state index < -0.39 is 17.9 Å². The first-order valence-electron chi connectivity index (χ1n) is 8.69. The zero-order chi connectivity index (χ0) is 20.7. The third-order valence-electron chi connectivity index (χ3n) is 3.94. The molecule has 6 nitrogen and oxygen atoms in total. The third kappa shape index (κ3) is 6.06. The summed E-state index contributed by atoms with van der Waals surface area (Å²) in [5.74, 6) is -0.631. The number of esters is 1. The topological polar surface area (TPSA) is 81.7 Å². The van der Waals surface area contributed by atoms with Crippen molar-refractivity contribution in [3.63, 3.8) is 0 Å². The molecule has 1 atom stereocenters. The number of aryl methyl sites for hydroxylation is 2. The normalized spacial score (nSPS) is 11.9. The zero-order valence-corrected chi connectivity index (χ0v) is 17.1. The molecule has 0 aliphatic carbocycles. The number of benzene rings is 1. The number of ether oxygens (including phenoxy) is 2. The van der Waals surface area contributed by atoms with Crippen LogP contribution in [0.1, 0.15) is 32.6 Å². The van der Waals surface area contributed by atoms with Crippen LogP contribution in [0.3, 0.4) is 0 Å². The molecule has 0 spiro atoms. The molecule has 0 aliphatic heterocycles. The predicted molar refractivity (Wildman–Crippen MR) is 109 cm³/mol. The van der Waals surface area contributed by atoms with Gasteiger partial charge in [-0.3, -0.25) is 9.59 Å². The van der Waals surface area contributed by atoms with Crippen molar-refractivity contribution in [3.8, 4) is 5.75 Å². The van der Waals surface area contributed by atoms with Gasteiger partial charge in [-0.25, -0.2) is 4.79 Å². The highest BCUT2D eigenvalue weighted by Crippen LogP contribution is 2.21. The minimum Gasteiger partial charge on any atom is -0.497 e. The average molecular weight is 401 g/mol. The van der Waals surface area contributed by atoms with E-state index in [0.29, 0.717) is 5.56 Å². The van der Waals surface area contributed by atoms with Crippen LogP contribution in [-0.2, 0) is 14.3 Å². The summed E-state index contributed by atoms with van der Waals surface area (Å²) in [4.78, 5) is 38.1. The summed E-state index contributed by atoms with van der Waals surface area (Å²) in [7, 11) is 1.58. The molecule has 7 heteroatoms. The van der Waals surface area contributed by atoms with Crippen molar-refractivity contribution in [3.05, 3.63) is 57.3 Å². The van der Waals surface area contributed by atoms with E-state index in [2.05, 4.69) is 5.32 Å². The first kappa shape index (κ1) is 21.4. The Morgan fingerprint density at radius 3 is 2.43 bits per heavy atom. The third-order valence-corrected chi connectivity index (χ3v) is 4.91. The van der Waals surface area contributed by atoms with Crippen LogP contribution in [0.25, 0.3) is 6.08 Å². The Balaban J connectivity index is 1.82. The van der Waals surface area contributed by atoms with Gasteiger partial charge in [0.25, 0.3) is 0 Å². The van der Waals surface area contributed by atoms with Gasteiger partial charge in [-0.15, -0.1) is 11.3 Å². The lowest BCUT2D eigenvalue weighted by Gasteiger charge is -2.11. The number of methoxy groups -OCH3 is 1. The molecule has 28 heavy (non-hydrogen) atoms. The van der Waals surface area contributed by atoms with Crippen LogP contribution in [0.2, 0.25) is 0 Å². The summed E-state index contributed by atoms with van der Waals surface area (Å²) in [6.45, 7) is 4.92. The number of hydrogen-bond acceptors (Lipinski definition) is 6. The van der Waals surface area contributed by atoms with Crippen LogP contribution in [0.4, 0.5) is 0 Å². The molecular weight excluding hydrogens is 378 g/mol. The highest BCUT2D eigenvalue weighted by molar-refractivity contribution is 7.12. The molecule has 1 amide bonds. The lowest BCUT2D eigenvalue weighted by molar-refractivity contribution is -0.145. The van der Waals surface area contributed by atoms with E-state index in [-0.39, 0.29) is 12.4 Å². The fourth-order valence-corrected chi connectivity index (χ4v) is 3.40. The Morgan fingerprint density at radius 2 is 1.86 bits per heavy atom. The maximum Gasteiger partial charge on any atom is 0.328 e. The summed E-state index contributed by atoms with van der Waals surface area (Å²) in [6.07, 6.45) is 2.95. The Labute approximate surface area is 168 Å². The van der Waals surface area contributed by atoms with E-state index in [1.807, 2.05) is 13.8 Å². The van der Waals surface area contributed by atoms with E-state index in [4.69, 9.17) is 9.47 Å². The number of hydrogen-bond donors (Lipinski definition) is 1. The smallest absolute Gasteiger partial charge is 0.328 e. The van der Waals surface area contributed by atoms with E-state index in [0.717, 1.165) is 21.1 Å². The first-order valence-corrected chi connectivity index (χ1v) is 9.51. The lowest BCUT2D eigenvalue weighted by atomic mass is 10.2. The Kier molecular flexibility index (Phi) is 7.52. The second kappa shape index (κ2) is 9.85. The second-order valence-electron chi connectivity index (χ2n) is 6.19. The SMILES string of the molecule is COc1ccc(/C=C/C(=O)N[C@@H](C)C(=O)OCC(=O)c2cc(C)sc2C)cc1. The molecular formula is C21H23NO5S. The van der Waals surface area contributed by atoms with Crippen molar-refractivity contribution >= 4 is 35.1 Å². The molecule has 2 aromatic rings. The van der Waals surface area contributed by atoms with Gasteiger partial charge in [0.15, 0.2) is 6.61 Å². The molecule has 0 fully saturated rings. The van der Waals surface area contributed by atoms with Gasteiger partial charge in [-0.2, -0.15) is 0 Å². The number of ketones is 1. The molecule has 2 rings (SSSR count). The summed E-state index contributed by atoms with van der Waals surface area (Å²) in [6, 6.07) is 8.09. The van der Waals surface area contributed by atoms with Gasteiger partial charge in [0.1, 0.15) is 11.8 Å². The molecule has 1 aromatic carbocycles. The van der Waals surface area contributed by atoms with E-state index in [1.54, 1.807) is 43.5 Å². The van der Waals surface area contributed by atoms with Crippen LogP contribution in [0.15, 0.2) is 36.4 Å². The highest BCUT2D eigenvalue weighted by Gasteiger charge is 2.19. The van der Waals surface area contributed by atoms with Gasteiger partial charge < -0.3 is 14.8 Å². The van der Waals surface area contributed by atoms with Crippen molar-refractivity contribution in [1.82, 2.24) is 5.32 Å². The van der Waals surface area contributed by atoms with Crippen molar-refractivity contribution in [2.75, 3.05) is 13.7 Å². The van der Waals surface area contributed by atoms with E-state index >= 15 is 0 Å².